The van der Waals surface area contributed by atoms with Gasteiger partial charge in [-0.05, 0) is 18.6 Å². The molecule has 21 heavy (non-hydrogen) atoms. The van der Waals surface area contributed by atoms with Gasteiger partial charge in [0, 0.05) is 30.0 Å². The van der Waals surface area contributed by atoms with E-state index in [1.165, 1.54) is 24.3 Å². The topological polar surface area (TPSA) is 77.3 Å². The summed E-state index contributed by atoms with van der Waals surface area (Å²) in [5.74, 6) is -0.401. The zero-order valence-electron chi connectivity index (χ0n) is 12.3. The Morgan fingerprint density at radius 1 is 1.24 bits per heavy atom. The Bertz CT molecular complexity index is 482. The van der Waals surface area contributed by atoms with Crippen molar-refractivity contribution in [2.24, 2.45) is 5.92 Å². The summed E-state index contributed by atoms with van der Waals surface area (Å²) in [4.78, 5) is 33.1. The lowest BCUT2D eigenvalue weighted by atomic mass is 9.94. The second-order valence-corrected chi connectivity index (χ2v) is 5.18. The molecule has 0 N–H and O–H groups in total. The quantitative estimate of drug-likeness (QED) is 0.215. The first-order valence-electron chi connectivity index (χ1n) is 7.31. The highest BCUT2D eigenvalue weighted by atomic mass is 16.6. The molecule has 0 radical (unpaired) electrons. The van der Waals surface area contributed by atoms with E-state index in [1.54, 1.807) is 0 Å². The van der Waals surface area contributed by atoms with Gasteiger partial charge in [0.1, 0.15) is 6.29 Å². The Morgan fingerprint density at radius 3 is 2.43 bits per heavy atom. The SMILES string of the molecule is CCCCCCC(C=O)CC(=O)c1ccc([N+](=O)[O-])cc1. The third-order valence-corrected chi connectivity index (χ3v) is 3.47. The van der Waals surface area contributed by atoms with E-state index in [9.17, 15) is 19.7 Å². The summed E-state index contributed by atoms with van der Waals surface area (Å²) in [5.41, 5.74) is 0.374. The number of hydrogen-bond acceptors (Lipinski definition) is 4. The molecule has 0 aliphatic heterocycles. The normalized spacial score (nSPS) is 11.9. The first kappa shape index (κ1) is 17.0. The third-order valence-electron chi connectivity index (χ3n) is 3.47. The van der Waals surface area contributed by atoms with Crippen LogP contribution in [0.15, 0.2) is 24.3 Å². The van der Waals surface area contributed by atoms with E-state index >= 15 is 0 Å². The van der Waals surface area contributed by atoms with Gasteiger partial charge >= 0.3 is 0 Å². The van der Waals surface area contributed by atoms with E-state index in [-0.39, 0.29) is 23.8 Å². The zero-order chi connectivity index (χ0) is 15.7. The largest absolute Gasteiger partial charge is 0.303 e. The fourth-order valence-corrected chi connectivity index (χ4v) is 2.18. The van der Waals surface area contributed by atoms with E-state index in [4.69, 9.17) is 0 Å². The Labute approximate surface area is 124 Å². The van der Waals surface area contributed by atoms with E-state index in [2.05, 4.69) is 6.92 Å². The van der Waals surface area contributed by atoms with E-state index in [0.29, 0.717) is 5.56 Å². The summed E-state index contributed by atoms with van der Waals surface area (Å²) in [6.45, 7) is 2.12. The number of nitrogens with zero attached hydrogens (tertiary/aromatic N) is 1. The highest BCUT2D eigenvalue weighted by molar-refractivity contribution is 5.97. The third kappa shape index (κ3) is 5.85. The number of carbonyl (C=O) groups excluding carboxylic acids is 2. The first-order chi connectivity index (χ1) is 10.1. The fourth-order valence-electron chi connectivity index (χ4n) is 2.18. The van der Waals surface area contributed by atoms with Gasteiger partial charge in [-0.3, -0.25) is 14.9 Å². The maximum Gasteiger partial charge on any atom is 0.269 e. The predicted molar refractivity (Wildman–Crippen MR) is 80.4 cm³/mol. The molecule has 0 saturated carbocycles. The van der Waals surface area contributed by atoms with Crippen molar-refractivity contribution in [1.82, 2.24) is 0 Å². The molecule has 1 rings (SSSR count). The second kappa shape index (κ2) is 9.00. The van der Waals surface area contributed by atoms with Crippen molar-refractivity contribution in [3.05, 3.63) is 39.9 Å². The Morgan fingerprint density at radius 2 is 1.90 bits per heavy atom. The second-order valence-electron chi connectivity index (χ2n) is 5.18. The molecule has 0 aliphatic carbocycles. The number of Topliss-reactive ketones (excluding diaryl/α,β-unsaturated/α-hetero) is 1. The molecule has 5 heteroatoms. The molecule has 0 spiro atoms. The number of hydrogen-bond donors (Lipinski definition) is 0. The molecule has 1 aromatic rings. The number of aldehydes is 1. The molecular formula is C16H21NO4. The first-order valence-corrected chi connectivity index (χ1v) is 7.31. The Hall–Kier alpha value is -2.04. The molecule has 114 valence electrons. The van der Waals surface area contributed by atoms with Crippen LogP contribution in [0.4, 0.5) is 5.69 Å². The minimum absolute atomic E-state index is 0.0435. The maximum atomic E-state index is 12.1. The van der Waals surface area contributed by atoms with Crippen molar-refractivity contribution in [2.45, 2.75) is 45.4 Å². The molecule has 0 amide bonds. The molecular weight excluding hydrogens is 270 g/mol. The fraction of sp³-hybridized carbons (Fsp3) is 0.500. The van der Waals surface area contributed by atoms with Gasteiger partial charge in [-0.1, -0.05) is 32.6 Å². The molecule has 1 unspecified atom stereocenters. The van der Waals surface area contributed by atoms with Gasteiger partial charge in [0.2, 0.25) is 0 Å². The van der Waals surface area contributed by atoms with Gasteiger partial charge in [-0.25, -0.2) is 0 Å². The molecule has 0 aromatic heterocycles. The minimum Gasteiger partial charge on any atom is -0.303 e. The highest BCUT2D eigenvalue weighted by Crippen LogP contribution is 2.18. The summed E-state index contributed by atoms with van der Waals surface area (Å²) in [5, 5.41) is 10.6. The van der Waals surface area contributed by atoms with E-state index in [1.807, 2.05) is 0 Å². The number of carbonyl (C=O) groups is 2. The summed E-state index contributed by atoms with van der Waals surface area (Å²) < 4.78 is 0. The molecule has 0 aliphatic rings. The number of nitro groups is 1. The molecule has 0 saturated heterocycles. The van der Waals surface area contributed by atoms with Crippen LogP contribution in [0.5, 0.6) is 0 Å². The number of rotatable bonds is 10. The van der Waals surface area contributed by atoms with Crippen molar-refractivity contribution in [1.29, 1.82) is 0 Å². The number of ketones is 1. The standard InChI is InChI=1S/C16H21NO4/c1-2-3-4-5-6-13(12-18)11-16(19)14-7-9-15(10-8-14)17(20)21/h7-10,12-13H,2-6,11H2,1H3. The summed E-state index contributed by atoms with van der Waals surface area (Å²) in [6.07, 6.45) is 6.04. The maximum absolute atomic E-state index is 12.1. The lowest BCUT2D eigenvalue weighted by Crippen LogP contribution is -2.10. The molecule has 1 aromatic carbocycles. The molecule has 1 atom stereocenters. The van der Waals surface area contributed by atoms with Crippen molar-refractivity contribution in [3.63, 3.8) is 0 Å². The van der Waals surface area contributed by atoms with Crippen LogP contribution < -0.4 is 0 Å². The van der Waals surface area contributed by atoms with Crippen LogP contribution in [-0.4, -0.2) is 17.0 Å². The van der Waals surface area contributed by atoms with Crippen LogP contribution in [0, 0.1) is 16.0 Å². The van der Waals surface area contributed by atoms with E-state index in [0.717, 1.165) is 38.4 Å². The van der Waals surface area contributed by atoms with Crippen LogP contribution in [0.3, 0.4) is 0 Å². The van der Waals surface area contributed by atoms with Crippen molar-refractivity contribution in [3.8, 4) is 0 Å². The van der Waals surface area contributed by atoms with Gasteiger partial charge in [0.05, 0.1) is 4.92 Å². The van der Waals surface area contributed by atoms with Gasteiger partial charge < -0.3 is 4.79 Å². The number of benzene rings is 1. The predicted octanol–water partition coefficient (Wildman–Crippen LogP) is 3.95. The minimum atomic E-state index is -0.504. The zero-order valence-corrected chi connectivity index (χ0v) is 12.3. The van der Waals surface area contributed by atoms with Crippen molar-refractivity contribution < 1.29 is 14.5 Å². The van der Waals surface area contributed by atoms with Gasteiger partial charge in [0.15, 0.2) is 5.78 Å². The summed E-state index contributed by atoms with van der Waals surface area (Å²) in [7, 11) is 0. The Balaban J connectivity index is 2.53. The lowest BCUT2D eigenvalue weighted by Gasteiger charge is -2.09. The van der Waals surface area contributed by atoms with Crippen LogP contribution in [0.1, 0.15) is 55.8 Å². The smallest absolute Gasteiger partial charge is 0.269 e. The van der Waals surface area contributed by atoms with Gasteiger partial charge in [0.25, 0.3) is 5.69 Å². The van der Waals surface area contributed by atoms with E-state index < -0.39 is 4.92 Å². The van der Waals surface area contributed by atoms with Crippen LogP contribution in [-0.2, 0) is 4.79 Å². The monoisotopic (exact) mass is 291 g/mol. The number of nitro benzene ring substituents is 1. The van der Waals surface area contributed by atoms with Gasteiger partial charge in [-0.15, -0.1) is 0 Å². The van der Waals surface area contributed by atoms with Crippen LogP contribution in [0.2, 0.25) is 0 Å². The number of non-ortho nitro benzene ring substituents is 1. The molecule has 0 bridgehead atoms. The van der Waals surface area contributed by atoms with Gasteiger partial charge in [-0.2, -0.15) is 0 Å². The summed E-state index contributed by atoms with van der Waals surface area (Å²) >= 11 is 0. The molecule has 0 heterocycles. The number of unbranched alkanes of at least 4 members (excludes halogenated alkanes) is 3. The van der Waals surface area contributed by atoms with Crippen molar-refractivity contribution >= 4 is 17.8 Å². The molecule has 5 nitrogen and oxygen atoms in total. The Kier molecular flexibility index (Phi) is 7.29. The molecule has 0 fully saturated rings. The average Bonchev–Trinajstić information content (AvgIpc) is 2.50. The average molecular weight is 291 g/mol. The lowest BCUT2D eigenvalue weighted by molar-refractivity contribution is -0.384. The van der Waals surface area contributed by atoms with Crippen LogP contribution >= 0.6 is 0 Å². The van der Waals surface area contributed by atoms with Crippen molar-refractivity contribution in [2.75, 3.05) is 0 Å². The van der Waals surface area contributed by atoms with Crippen LogP contribution in [0.25, 0.3) is 0 Å². The summed E-state index contributed by atoms with van der Waals surface area (Å²) in [6, 6.07) is 5.51. The highest BCUT2D eigenvalue weighted by Gasteiger charge is 2.15.